The zero-order chi connectivity index (χ0) is 24.2. The summed E-state index contributed by atoms with van der Waals surface area (Å²) in [6.45, 7) is 6.58. The summed E-state index contributed by atoms with van der Waals surface area (Å²) in [6, 6.07) is 9.83. The second-order valence-corrected chi connectivity index (χ2v) is 8.04. The Morgan fingerprint density at radius 2 is 1.88 bits per heavy atom. The molecular weight excluding hydrogens is 437 g/mol. The monoisotopic (exact) mass is 464 g/mol. The van der Waals surface area contributed by atoms with E-state index in [2.05, 4.69) is 15.2 Å². The molecule has 2 atom stereocenters. The van der Waals surface area contributed by atoms with Crippen LogP contribution in [-0.4, -0.2) is 59.7 Å². The van der Waals surface area contributed by atoms with Gasteiger partial charge in [0.2, 0.25) is 0 Å². The highest BCUT2D eigenvalue weighted by atomic mass is 19.4. The quantitative estimate of drug-likeness (QED) is 0.703. The maximum absolute atomic E-state index is 12.8. The molecule has 33 heavy (non-hydrogen) atoms. The first-order valence-electron chi connectivity index (χ1n) is 10.7. The third kappa shape index (κ3) is 6.44. The van der Waals surface area contributed by atoms with Gasteiger partial charge in [0.25, 0.3) is 5.91 Å². The van der Waals surface area contributed by atoms with Crippen LogP contribution < -0.4 is 10.2 Å². The number of pyridine rings is 1. The number of hydrogen-bond donors (Lipinski definition) is 1. The lowest BCUT2D eigenvalue weighted by Crippen LogP contribution is -2.45. The predicted molar refractivity (Wildman–Crippen MR) is 118 cm³/mol. The molecule has 1 aromatic heterocycles. The smallest absolute Gasteiger partial charge is 0.372 e. The normalized spacial score (nSPS) is 18.7. The standard InChI is InChI=1S/C23H27F3N4O3/c1-4-29(22(32)23(24,25)26)14-17-6-5-7-19(10-17)28-21(31)18-8-9-20(27-11-18)30-12-15(2)33-16(3)13-30/h5-11,15-16H,4,12-14H2,1-3H3,(H,28,31). The molecule has 2 unspecified atom stereocenters. The molecule has 1 aliphatic rings. The number of carbonyl (C=O) groups excluding carboxylic acids is 2. The Morgan fingerprint density at radius 3 is 2.45 bits per heavy atom. The molecule has 10 heteroatoms. The number of benzene rings is 1. The van der Waals surface area contributed by atoms with Gasteiger partial charge < -0.3 is 19.9 Å². The lowest BCUT2D eigenvalue weighted by atomic mass is 10.1. The number of hydrogen-bond acceptors (Lipinski definition) is 5. The van der Waals surface area contributed by atoms with Crippen LogP contribution in [0.3, 0.4) is 0 Å². The lowest BCUT2D eigenvalue weighted by Gasteiger charge is -2.36. The van der Waals surface area contributed by atoms with Gasteiger partial charge in [-0.25, -0.2) is 4.98 Å². The first-order chi connectivity index (χ1) is 15.6. The average molecular weight is 464 g/mol. The second-order valence-electron chi connectivity index (χ2n) is 8.04. The van der Waals surface area contributed by atoms with Crippen LogP contribution in [0.25, 0.3) is 0 Å². The van der Waals surface area contributed by atoms with Crippen LogP contribution in [0.2, 0.25) is 0 Å². The molecule has 0 bridgehead atoms. The number of morpholine rings is 1. The van der Waals surface area contributed by atoms with Gasteiger partial charge in [0.15, 0.2) is 0 Å². The minimum Gasteiger partial charge on any atom is -0.372 e. The molecule has 0 spiro atoms. The Labute approximate surface area is 190 Å². The highest BCUT2D eigenvalue weighted by Gasteiger charge is 2.41. The van der Waals surface area contributed by atoms with Gasteiger partial charge in [0.05, 0.1) is 17.8 Å². The van der Waals surface area contributed by atoms with E-state index in [4.69, 9.17) is 4.74 Å². The molecule has 2 heterocycles. The maximum atomic E-state index is 12.8. The molecule has 2 aromatic rings. The van der Waals surface area contributed by atoms with Crippen molar-refractivity contribution in [3.05, 3.63) is 53.7 Å². The number of ether oxygens (including phenoxy) is 1. The van der Waals surface area contributed by atoms with Crippen LogP contribution in [0.4, 0.5) is 24.7 Å². The highest BCUT2D eigenvalue weighted by Crippen LogP contribution is 2.22. The summed E-state index contributed by atoms with van der Waals surface area (Å²) >= 11 is 0. The summed E-state index contributed by atoms with van der Waals surface area (Å²) in [5.41, 5.74) is 1.23. The van der Waals surface area contributed by atoms with Crippen molar-refractivity contribution in [1.29, 1.82) is 0 Å². The number of halogens is 3. The molecule has 1 aromatic carbocycles. The molecule has 0 radical (unpaired) electrons. The average Bonchev–Trinajstić information content (AvgIpc) is 2.76. The van der Waals surface area contributed by atoms with Crippen molar-refractivity contribution in [2.45, 2.75) is 45.7 Å². The van der Waals surface area contributed by atoms with Crippen LogP contribution in [0.1, 0.15) is 36.7 Å². The molecule has 1 fully saturated rings. The van der Waals surface area contributed by atoms with Gasteiger partial charge in [-0.1, -0.05) is 12.1 Å². The van der Waals surface area contributed by atoms with Crippen molar-refractivity contribution in [3.63, 3.8) is 0 Å². The van der Waals surface area contributed by atoms with Crippen molar-refractivity contribution in [2.24, 2.45) is 0 Å². The summed E-state index contributed by atoms with van der Waals surface area (Å²) < 4.78 is 44.0. The SMILES string of the molecule is CCN(Cc1cccc(NC(=O)c2ccc(N3CC(C)OC(C)C3)nc2)c1)C(=O)C(F)(F)F. The molecular formula is C23H27F3N4O3. The van der Waals surface area contributed by atoms with Crippen molar-refractivity contribution >= 4 is 23.3 Å². The second kappa shape index (κ2) is 10.2. The van der Waals surface area contributed by atoms with Crippen molar-refractivity contribution in [2.75, 3.05) is 29.9 Å². The molecule has 2 amide bonds. The molecule has 0 saturated carbocycles. The topological polar surface area (TPSA) is 74.8 Å². The van der Waals surface area contributed by atoms with Crippen molar-refractivity contribution in [1.82, 2.24) is 9.88 Å². The third-order valence-corrected chi connectivity index (χ3v) is 5.22. The van der Waals surface area contributed by atoms with E-state index < -0.39 is 18.0 Å². The van der Waals surface area contributed by atoms with Crippen LogP contribution in [0.5, 0.6) is 0 Å². The fourth-order valence-corrected chi connectivity index (χ4v) is 3.75. The summed E-state index contributed by atoms with van der Waals surface area (Å²) in [4.78, 5) is 31.4. The predicted octanol–water partition coefficient (Wildman–Crippen LogP) is 3.86. The molecule has 7 nitrogen and oxygen atoms in total. The zero-order valence-electron chi connectivity index (χ0n) is 18.7. The van der Waals surface area contributed by atoms with Gasteiger partial charge in [-0.15, -0.1) is 0 Å². The van der Waals surface area contributed by atoms with Crippen molar-refractivity contribution < 1.29 is 27.5 Å². The van der Waals surface area contributed by atoms with Crippen LogP contribution >= 0.6 is 0 Å². The number of amides is 2. The Kier molecular flexibility index (Phi) is 7.57. The van der Waals surface area contributed by atoms with E-state index in [1.807, 2.05) is 13.8 Å². The van der Waals surface area contributed by atoms with Gasteiger partial charge in [-0.05, 0) is 50.6 Å². The molecule has 1 saturated heterocycles. The van der Waals surface area contributed by atoms with Crippen LogP contribution in [-0.2, 0) is 16.1 Å². The fraction of sp³-hybridized carbons (Fsp3) is 0.435. The fourth-order valence-electron chi connectivity index (χ4n) is 3.75. The van der Waals surface area contributed by atoms with E-state index in [-0.39, 0.29) is 25.3 Å². The number of nitrogens with one attached hydrogen (secondary N) is 1. The zero-order valence-corrected chi connectivity index (χ0v) is 18.7. The number of rotatable bonds is 6. The van der Waals surface area contributed by atoms with E-state index in [9.17, 15) is 22.8 Å². The summed E-state index contributed by atoms with van der Waals surface area (Å²) in [5, 5.41) is 2.72. The van der Waals surface area contributed by atoms with Crippen molar-refractivity contribution in [3.8, 4) is 0 Å². The first-order valence-corrected chi connectivity index (χ1v) is 10.7. The van der Waals surface area contributed by atoms with E-state index >= 15 is 0 Å². The van der Waals surface area contributed by atoms with Gasteiger partial charge in [-0.2, -0.15) is 13.2 Å². The van der Waals surface area contributed by atoms with Gasteiger partial charge in [0, 0.05) is 38.1 Å². The largest absolute Gasteiger partial charge is 0.471 e. The van der Waals surface area contributed by atoms with Crippen LogP contribution in [0.15, 0.2) is 42.6 Å². The number of alkyl halides is 3. The van der Waals surface area contributed by atoms with Gasteiger partial charge >= 0.3 is 12.1 Å². The number of nitrogens with zero attached hydrogens (tertiary/aromatic N) is 3. The molecule has 3 rings (SSSR count). The summed E-state index contributed by atoms with van der Waals surface area (Å²) in [7, 11) is 0. The van der Waals surface area contributed by atoms with Gasteiger partial charge in [0.1, 0.15) is 5.82 Å². The maximum Gasteiger partial charge on any atom is 0.471 e. The summed E-state index contributed by atoms with van der Waals surface area (Å²) in [6.07, 6.45) is -3.28. The number of carbonyl (C=O) groups is 2. The molecule has 1 aliphatic heterocycles. The van der Waals surface area contributed by atoms with E-state index in [1.54, 1.807) is 36.4 Å². The molecule has 178 valence electrons. The third-order valence-electron chi connectivity index (χ3n) is 5.22. The Hall–Kier alpha value is -3.14. The number of aromatic nitrogens is 1. The molecule has 1 N–H and O–H groups in total. The Morgan fingerprint density at radius 1 is 1.18 bits per heavy atom. The Bertz CT molecular complexity index is 972. The van der Waals surface area contributed by atoms with Gasteiger partial charge in [-0.3, -0.25) is 9.59 Å². The lowest BCUT2D eigenvalue weighted by molar-refractivity contribution is -0.185. The first kappa shape index (κ1) is 24.5. The van der Waals surface area contributed by atoms with E-state index in [0.717, 1.165) is 5.82 Å². The minimum absolute atomic E-state index is 0.0841. The highest BCUT2D eigenvalue weighted by molar-refractivity contribution is 6.04. The summed E-state index contributed by atoms with van der Waals surface area (Å²) in [5.74, 6) is -1.53. The van der Waals surface area contributed by atoms with E-state index in [0.29, 0.717) is 34.8 Å². The Balaban J connectivity index is 1.65. The van der Waals surface area contributed by atoms with Crippen LogP contribution in [0, 0.1) is 0 Å². The number of anilines is 2. The molecule has 0 aliphatic carbocycles. The minimum atomic E-state index is -4.93. The van der Waals surface area contributed by atoms with E-state index in [1.165, 1.54) is 13.1 Å².